The molecule has 0 saturated heterocycles. The molecule has 1 unspecified atom stereocenters. The number of aryl methyl sites for hydroxylation is 2. The van der Waals surface area contributed by atoms with E-state index in [1.165, 1.54) is 18.4 Å². The third-order valence-electron chi connectivity index (χ3n) is 6.62. The van der Waals surface area contributed by atoms with Crippen LogP contribution in [0, 0.1) is 13.8 Å². The zero-order valence-electron chi connectivity index (χ0n) is 19.0. The molecule has 1 saturated carbocycles. The predicted molar refractivity (Wildman–Crippen MR) is 128 cm³/mol. The van der Waals surface area contributed by atoms with Crippen molar-refractivity contribution in [2.24, 2.45) is 0 Å². The summed E-state index contributed by atoms with van der Waals surface area (Å²) >= 11 is 0. The van der Waals surface area contributed by atoms with Gasteiger partial charge in [0.25, 0.3) is 0 Å². The van der Waals surface area contributed by atoms with Crippen LogP contribution in [0.25, 0.3) is 33.3 Å². The molecule has 33 heavy (non-hydrogen) atoms. The van der Waals surface area contributed by atoms with Crippen LogP contribution < -0.4 is 0 Å². The second-order valence-corrected chi connectivity index (χ2v) is 8.93. The van der Waals surface area contributed by atoms with E-state index in [0.29, 0.717) is 5.92 Å². The molecule has 1 aliphatic carbocycles. The van der Waals surface area contributed by atoms with E-state index in [1.54, 1.807) is 0 Å². The van der Waals surface area contributed by atoms with Gasteiger partial charge in [0, 0.05) is 53.0 Å². The summed E-state index contributed by atoms with van der Waals surface area (Å²) in [5, 5.41) is 4.13. The van der Waals surface area contributed by atoms with Crippen LogP contribution in [0.1, 0.15) is 54.6 Å². The highest BCUT2D eigenvalue weighted by Crippen LogP contribution is 2.39. The van der Waals surface area contributed by atoms with Crippen molar-refractivity contribution in [2.45, 2.75) is 45.6 Å². The lowest BCUT2D eigenvalue weighted by Gasteiger charge is -2.16. The quantitative estimate of drug-likeness (QED) is 0.326. The Hall–Kier alpha value is -3.80. The number of rotatable bonds is 5. The van der Waals surface area contributed by atoms with Gasteiger partial charge in [0.15, 0.2) is 0 Å². The molecule has 0 aliphatic heterocycles. The van der Waals surface area contributed by atoms with E-state index in [-0.39, 0.29) is 6.04 Å². The molecular formula is C27H25N5O. The normalized spacial score (nSPS) is 14.6. The van der Waals surface area contributed by atoms with Crippen LogP contribution in [-0.2, 0) is 0 Å². The van der Waals surface area contributed by atoms with Crippen LogP contribution >= 0.6 is 0 Å². The van der Waals surface area contributed by atoms with Gasteiger partial charge in [0.05, 0.1) is 22.8 Å². The second-order valence-electron chi connectivity index (χ2n) is 8.93. The van der Waals surface area contributed by atoms with Crippen molar-refractivity contribution in [1.82, 2.24) is 24.7 Å². The molecule has 0 spiro atoms. The molecule has 1 fully saturated rings. The topological polar surface area (TPSA) is 69.6 Å². The summed E-state index contributed by atoms with van der Waals surface area (Å²) in [6, 6.07) is 12.9. The molecule has 5 aromatic rings. The molecule has 1 aliphatic rings. The molecule has 0 radical (unpaired) electrons. The third kappa shape index (κ3) is 3.42. The number of benzene rings is 1. The van der Waals surface area contributed by atoms with E-state index in [2.05, 4.69) is 63.1 Å². The zero-order chi connectivity index (χ0) is 22.5. The average molecular weight is 436 g/mol. The molecular weight excluding hydrogens is 410 g/mol. The van der Waals surface area contributed by atoms with Crippen molar-refractivity contribution in [2.75, 3.05) is 0 Å². The first-order valence-corrected chi connectivity index (χ1v) is 11.4. The summed E-state index contributed by atoms with van der Waals surface area (Å²) in [7, 11) is 0. The van der Waals surface area contributed by atoms with Gasteiger partial charge in [-0.3, -0.25) is 4.98 Å². The van der Waals surface area contributed by atoms with Gasteiger partial charge in [0.2, 0.25) is 0 Å². The lowest BCUT2D eigenvalue weighted by Crippen LogP contribution is -2.05. The van der Waals surface area contributed by atoms with Gasteiger partial charge in [-0.2, -0.15) is 0 Å². The minimum absolute atomic E-state index is 0.135. The highest BCUT2D eigenvalue weighted by Gasteiger charge is 2.26. The van der Waals surface area contributed by atoms with Crippen LogP contribution in [0.4, 0.5) is 0 Å². The number of hydrogen-bond acceptors (Lipinski definition) is 5. The van der Waals surface area contributed by atoms with E-state index in [4.69, 9.17) is 9.51 Å². The summed E-state index contributed by atoms with van der Waals surface area (Å²) in [6.07, 6.45) is 10.4. The first kappa shape index (κ1) is 19.9. The fraction of sp³-hybridized carbons (Fsp3) is 0.259. The van der Waals surface area contributed by atoms with Gasteiger partial charge < -0.3 is 9.09 Å². The molecule has 0 bridgehead atoms. The summed E-state index contributed by atoms with van der Waals surface area (Å²) in [5.74, 6) is 2.29. The van der Waals surface area contributed by atoms with E-state index >= 15 is 0 Å². The van der Waals surface area contributed by atoms with E-state index in [9.17, 15) is 0 Å². The molecule has 1 aromatic carbocycles. The molecule has 6 rings (SSSR count). The Morgan fingerprint density at radius 3 is 2.36 bits per heavy atom. The smallest absolute Gasteiger partial charge is 0.141 e. The predicted octanol–water partition coefficient (Wildman–Crippen LogP) is 6.25. The van der Waals surface area contributed by atoms with Crippen molar-refractivity contribution in [1.29, 1.82) is 0 Å². The second kappa shape index (κ2) is 7.66. The molecule has 1 atom stereocenters. The van der Waals surface area contributed by atoms with Crippen molar-refractivity contribution < 1.29 is 4.52 Å². The van der Waals surface area contributed by atoms with Gasteiger partial charge in [-0.1, -0.05) is 35.5 Å². The van der Waals surface area contributed by atoms with Gasteiger partial charge in [-0.15, -0.1) is 0 Å². The number of fused-ring (bicyclic) bond motifs is 1. The van der Waals surface area contributed by atoms with Gasteiger partial charge >= 0.3 is 0 Å². The lowest BCUT2D eigenvalue weighted by atomic mass is 10.0. The Bertz CT molecular complexity index is 1430. The molecule has 0 N–H and O–H groups in total. The maximum absolute atomic E-state index is 5.42. The number of aromatic nitrogens is 5. The maximum atomic E-state index is 5.42. The van der Waals surface area contributed by atoms with Crippen molar-refractivity contribution >= 4 is 11.0 Å². The maximum Gasteiger partial charge on any atom is 0.141 e. The van der Waals surface area contributed by atoms with E-state index < -0.39 is 0 Å². The van der Waals surface area contributed by atoms with Crippen LogP contribution in [0.5, 0.6) is 0 Å². The SMILES string of the molecule is Cc1noc(C)c1-c1cnc2c(-c3cnc(C4CC4)nc3)cn(C(C)c3ccccc3)c2c1. The van der Waals surface area contributed by atoms with Crippen LogP contribution in [0.2, 0.25) is 0 Å². The monoisotopic (exact) mass is 435 g/mol. The number of pyridine rings is 1. The molecule has 6 nitrogen and oxygen atoms in total. The first-order chi connectivity index (χ1) is 16.1. The summed E-state index contributed by atoms with van der Waals surface area (Å²) in [5.41, 5.74) is 8.15. The Balaban J connectivity index is 1.53. The van der Waals surface area contributed by atoms with E-state index in [1.807, 2.05) is 38.5 Å². The highest BCUT2D eigenvalue weighted by molar-refractivity contribution is 5.95. The standard InChI is InChI=1S/C27H25N5O/c1-16-25(18(3)33-31-16)21-11-24-26(28-12-21)23(22-13-29-27(30-14-22)20-9-10-20)15-32(24)17(2)19-7-5-4-6-8-19/h4-8,11-15,17,20H,9-10H2,1-3H3. The van der Waals surface area contributed by atoms with Crippen LogP contribution in [0.15, 0.2) is 65.7 Å². The van der Waals surface area contributed by atoms with Gasteiger partial charge in [-0.25, -0.2) is 9.97 Å². The molecule has 4 aromatic heterocycles. The molecule has 0 amide bonds. The molecule has 4 heterocycles. The van der Waals surface area contributed by atoms with Crippen molar-refractivity contribution in [3.63, 3.8) is 0 Å². The summed E-state index contributed by atoms with van der Waals surface area (Å²) in [4.78, 5) is 14.2. The van der Waals surface area contributed by atoms with Gasteiger partial charge in [0.1, 0.15) is 11.6 Å². The lowest BCUT2D eigenvalue weighted by molar-refractivity contribution is 0.393. The average Bonchev–Trinajstić information content (AvgIpc) is 3.56. The Morgan fingerprint density at radius 2 is 1.70 bits per heavy atom. The summed E-state index contributed by atoms with van der Waals surface area (Å²) < 4.78 is 7.71. The van der Waals surface area contributed by atoms with Crippen molar-refractivity contribution in [3.05, 3.63) is 84.0 Å². The van der Waals surface area contributed by atoms with Crippen LogP contribution in [-0.4, -0.2) is 24.7 Å². The fourth-order valence-corrected chi connectivity index (χ4v) is 4.61. The Labute approximate surface area is 192 Å². The number of hydrogen-bond donors (Lipinski definition) is 0. The van der Waals surface area contributed by atoms with Crippen LogP contribution in [0.3, 0.4) is 0 Å². The Morgan fingerprint density at radius 1 is 0.970 bits per heavy atom. The largest absolute Gasteiger partial charge is 0.361 e. The Kier molecular flexibility index (Phi) is 4.61. The highest BCUT2D eigenvalue weighted by atomic mass is 16.5. The molecule has 6 heteroatoms. The minimum Gasteiger partial charge on any atom is -0.361 e. The summed E-state index contributed by atoms with van der Waals surface area (Å²) in [6.45, 7) is 6.12. The number of nitrogens with zero attached hydrogens (tertiary/aromatic N) is 5. The minimum atomic E-state index is 0.135. The van der Waals surface area contributed by atoms with Gasteiger partial charge in [-0.05, 0) is 45.2 Å². The third-order valence-corrected chi connectivity index (χ3v) is 6.62. The van der Waals surface area contributed by atoms with Crippen molar-refractivity contribution in [3.8, 4) is 22.3 Å². The first-order valence-electron chi connectivity index (χ1n) is 11.4. The fourth-order valence-electron chi connectivity index (χ4n) is 4.61. The zero-order valence-corrected chi connectivity index (χ0v) is 19.0. The molecule has 164 valence electrons. The van der Waals surface area contributed by atoms with E-state index in [0.717, 1.165) is 50.6 Å².